The molecule has 7 heteroatoms. The largest absolute Gasteiger partial charge is 0.508 e. The van der Waals surface area contributed by atoms with Gasteiger partial charge >= 0.3 is 0 Å². The molecule has 3 aromatic rings. The molecule has 0 aliphatic rings. The standard InChI is InChI=1S/C15H14N4O3/c16-13-4-2-11(14(17)19-13)15(21)18-7-10-6-8-5-9(20)1-3-12(8)22-10/h1-6,20H,7H2,(H,18,21)(H4,16,17,19). The second-order valence-corrected chi connectivity index (χ2v) is 4.79. The van der Waals surface area contributed by atoms with E-state index < -0.39 is 0 Å². The lowest BCUT2D eigenvalue weighted by atomic mass is 10.2. The Kier molecular flexibility index (Phi) is 3.30. The minimum Gasteiger partial charge on any atom is -0.508 e. The SMILES string of the molecule is Nc1ccc(C(=O)NCc2cc3cc(O)ccc3o2)c(N)n1. The van der Waals surface area contributed by atoms with Crippen molar-refractivity contribution < 1.29 is 14.3 Å². The maximum atomic E-state index is 12.1. The number of furan rings is 1. The first-order valence-corrected chi connectivity index (χ1v) is 6.54. The van der Waals surface area contributed by atoms with E-state index in [2.05, 4.69) is 10.3 Å². The molecule has 0 bridgehead atoms. The van der Waals surface area contributed by atoms with Gasteiger partial charge in [-0.15, -0.1) is 0 Å². The number of carbonyl (C=O) groups excluding carboxylic acids is 1. The number of fused-ring (bicyclic) bond motifs is 1. The molecule has 22 heavy (non-hydrogen) atoms. The van der Waals surface area contributed by atoms with Crippen LogP contribution in [0.1, 0.15) is 16.1 Å². The van der Waals surface area contributed by atoms with Crippen LogP contribution < -0.4 is 16.8 Å². The summed E-state index contributed by atoms with van der Waals surface area (Å²) in [5.41, 5.74) is 12.0. The van der Waals surface area contributed by atoms with Gasteiger partial charge in [0, 0.05) is 5.39 Å². The number of benzene rings is 1. The third-order valence-corrected chi connectivity index (χ3v) is 3.16. The smallest absolute Gasteiger partial charge is 0.255 e. The number of nitrogens with one attached hydrogen (secondary N) is 1. The Morgan fingerprint density at radius 3 is 2.82 bits per heavy atom. The summed E-state index contributed by atoms with van der Waals surface area (Å²) in [6.07, 6.45) is 0. The molecule has 0 saturated heterocycles. The predicted molar refractivity (Wildman–Crippen MR) is 82.1 cm³/mol. The average Bonchev–Trinajstić information content (AvgIpc) is 2.86. The zero-order valence-electron chi connectivity index (χ0n) is 11.5. The Bertz CT molecular complexity index is 857. The molecular formula is C15H14N4O3. The van der Waals surface area contributed by atoms with E-state index in [0.29, 0.717) is 11.3 Å². The second kappa shape index (κ2) is 5.28. The van der Waals surface area contributed by atoms with E-state index in [9.17, 15) is 9.90 Å². The lowest BCUT2D eigenvalue weighted by Crippen LogP contribution is -2.24. The van der Waals surface area contributed by atoms with E-state index in [1.54, 1.807) is 18.2 Å². The van der Waals surface area contributed by atoms with Crippen molar-refractivity contribution in [1.82, 2.24) is 10.3 Å². The monoisotopic (exact) mass is 298 g/mol. The van der Waals surface area contributed by atoms with Crippen LogP contribution in [0.4, 0.5) is 11.6 Å². The Morgan fingerprint density at radius 2 is 2.05 bits per heavy atom. The molecule has 0 atom stereocenters. The van der Waals surface area contributed by atoms with Crippen LogP contribution in [0, 0.1) is 0 Å². The number of anilines is 2. The van der Waals surface area contributed by atoms with Gasteiger partial charge < -0.3 is 26.3 Å². The van der Waals surface area contributed by atoms with Crippen LogP contribution in [0.15, 0.2) is 40.8 Å². The normalized spacial score (nSPS) is 10.7. The Labute approximate surface area is 125 Å². The fourth-order valence-electron chi connectivity index (χ4n) is 2.12. The number of nitrogens with zero attached hydrogens (tertiary/aromatic N) is 1. The van der Waals surface area contributed by atoms with Crippen LogP contribution in [0.25, 0.3) is 11.0 Å². The zero-order chi connectivity index (χ0) is 15.7. The van der Waals surface area contributed by atoms with E-state index in [-0.39, 0.29) is 35.4 Å². The van der Waals surface area contributed by atoms with Crippen molar-refractivity contribution in [1.29, 1.82) is 0 Å². The number of hydrogen-bond donors (Lipinski definition) is 4. The zero-order valence-corrected chi connectivity index (χ0v) is 11.5. The first kappa shape index (κ1) is 13.7. The molecule has 0 aliphatic heterocycles. The molecule has 112 valence electrons. The number of phenols is 1. The molecule has 1 aromatic carbocycles. The van der Waals surface area contributed by atoms with Gasteiger partial charge in [0.25, 0.3) is 5.91 Å². The highest BCUT2D eigenvalue weighted by molar-refractivity contribution is 5.98. The van der Waals surface area contributed by atoms with Gasteiger partial charge in [0.2, 0.25) is 0 Å². The average molecular weight is 298 g/mol. The highest BCUT2D eigenvalue weighted by atomic mass is 16.3. The first-order valence-electron chi connectivity index (χ1n) is 6.54. The summed E-state index contributed by atoms with van der Waals surface area (Å²) < 4.78 is 5.57. The highest BCUT2D eigenvalue weighted by Gasteiger charge is 2.12. The molecule has 3 rings (SSSR count). The lowest BCUT2D eigenvalue weighted by Gasteiger charge is -2.06. The minimum absolute atomic E-state index is 0.0760. The van der Waals surface area contributed by atoms with Gasteiger partial charge in [-0.05, 0) is 36.4 Å². The summed E-state index contributed by atoms with van der Waals surface area (Å²) in [7, 11) is 0. The van der Waals surface area contributed by atoms with E-state index in [1.807, 2.05) is 0 Å². The number of aromatic hydroxyl groups is 1. The Morgan fingerprint density at radius 1 is 1.23 bits per heavy atom. The van der Waals surface area contributed by atoms with Crippen molar-refractivity contribution in [2.24, 2.45) is 0 Å². The number of hydrogen-bond acceptors (Lipinski definition) is 6. The summed E-state index contributed by atoms with van der Waals surface area (Å²) in [6, 6.07) is 9.57. The number of carbonyl (C=O) groups is 1. The predicted octanol–water partition coefficient (Wildman–Crippen LogP) is 1.63. The maximum Gasteiger partial charge on any atom is 0.255 e. The van der Waals surface area contributed by atoms with Crippen LogP contribution in [0.2, 0.25) is 0 Å². The topological polar surface area (TPSA) is 127 Å². The summed E-state index contributed by atoms with van der Waals surface area (Å²) in [5.74, 6) is 0.687. The van der Waals surface area contributed by atoms with E-state index in [0.717, 1.165) is 5.39 Å². The van der Waals surface area contributed by atoms with E-state index in [4.69, 9.17) is 15.9 Å². The molecule has 0 fully saturated rings. The fourth-order valence-corrected chi connectivity index (χ4v) is 2.12. The number of phenolic OH excluding ortho intramolecular Hbond substituents is 1. The molecule has 1 amide bonds. The Hall–Kier alpha value is -3.22. The highest BCUT2D eigenvalue weighted by Crippen LogP contribution is 2.23. The van der Waals surface area contributed by atoms with E-state index >= 15 is 0 Å². The van der Waals surface area contributed by atoms with Crippen molar-refractivity contribution in [3.8, 4) is 5.75 Å². The maximum absolute atomic E-state index is 12.1. The quantitative estimate of drug-likeness (QED) is 0.582. The minimum atomic E-state index is -0.367. The molecule has 2 heterocycles. The van der Waals surface area contributed by atoms with Gasteiger partial charge in [0.1, 0.15) is 28.7 Å². The van der Waals surface area contributed by atoms with Crippen LogP contribution in [0.5, 0.6) is 5.75 Å². The van der Waals surface area contributed by atoms with Crippen molar-refractivity contribution in [2.75, 3.05) is 11.5 Å². The molecule has 7 nitrogen and oxygen atoms in total. The third-order valence-electron chi connectivity index (χ3n) is 3.16. The van der Waals surface area contributed by atoms with Gasteiger partial charge in [0.05, 0.1) is 12.1 Å². The molecule has 0 spiro atoms. The lowest BCUT2D eigenvalue weighted by molar-refractivity contribution is 0.0949. The number of nitrogens with two attached hydrogens (primary N) is 2. The summed E-state index contributed by atoms with van der Waals surface area (Å²) in [5, 5.41) is 12.9. The molecular weight excluding hydrogens is 284 g/mol. The molecule has 0 unspecified atom stereocenters. The number of aromatic nitrogens is 1. The van der Waals surface area contributed by atoms with Gasteiger partial charge in [0.15, 0.2) is 0 Å². The molecule has 0 radical (unpaired) electrons. The van der Waals surface area contributed by atoms with Gasteiger partial charge in [-0.1, -0.05) is 0 Å². The summed E-state index contributed by atoms with van der Waals surface area (Å²) in [6.45, 7) is 0.193. The molecule has 0 aliphatic carbocycles. The summed E-state index contributed by atoms with van der Waals surface area (Å²) >= 11 is 0. The molecule has 6 N–H and O–H groups in total. The van der Waals surface area contributed by atoms with Crippen LogP contribution in [-0.4, -0.2) is 16.0 Å². The van der Waals surface area contributed by atoms with Crippen molar-refractivity contribution in [3.05, 3.63) is 47.7 Å². The number of amides is 1. The van der Waals surface area contributed by atoms with Crippen LogP contribution in [-0.2, 0) is 6.54 Å². The fraction of sp³-hybridized carbons (Fsp3) is 0.0667. The van der Waals surface area contributed by atoms with Crippen LogP contribution >= 0.6 is 0 Å². The molecule has 0 saturated carbocycles. The Balaban J connectivity index is 1.74. The van der Waals surface area contributed by atoms with Gasteiger partial charge in [-0.25, -0.2) is 4.98 Å². The third kappa shape index (κ3) is 2.64. The number of pyridine rings is 1. The van der Waals surface area contributed by atoms with Gasteiger partial charge in [-0.3, -0.25) is 4.79 Å². The number of rotatable bonds is 3. The van der Waals surface area contributed by atoms with Gasteiger partial charge in [-0.2, -0.15) is 0 Å². The van der Waals surface area contributed by atoms with Crippen molar-refractivity contribution in [3.63, 3.8) is 0 Å². The van der Waals surface area contributed by atoms with Crippen LogP contribution in [0.3, 0.4) is 0 Å². The molecule has 2 aromatic heterocycles. The first-order chi connectivity index (χ1) is 10.5. The summed E-state index contributed by atoms with van der Waals surface area (Å²) in [4.78, 5) is 15.9. The number of nitrogen functional groups attached to an aromatic ring is 2. The second-order valence-electron chi connectivity index (χ2n) is 4.79. The van der Waals surface area contributed by atoms with Crippen molar-refractivity contribution >= 4 is 28.5 Å². The van der Waals surface area contributed by atoms with E-state index in [1.165, 1.54) is 18.2 Å². The van der Waals surface area contributed by atoms with Crippen molar-refractivity contribution in [2.45, 2.75) is 6.54 Å².